The van der Waals surface area contributed by atoms with Gasteiger partial charge in [0.15, 0.2) is 5.82 Å². The lowest BCUT2D eigenvalue weighted by molar-refractivity contribution is 0.0696. The van der Waals surface area contributed by atoms with Crippen molar-refractivity contribution in [3.05, 3.63) is 17.8 Å². The summed E-state index contributed by atoms with van der Waals surface area (Å²) in [5.74, 6) is 0.866. The number of aromatic carboxylic acids is 1. The first-order valence-corrected chi connectivity index (χ1v) is 6.65. The lowest BCUT2D eigenvalue weighted by Crippen LogP contribution is -2.46. The number of nitrogen functional groups attached to an aromatic ring is 1. The number of hydrogen-bond acceptors (Lipinski definition) is 4. The van der Waals surface area contributed by atoms with Crippen molar-refractivity contribution in [3.63, 3.8) is 0 Å². The normalized spacial score (nSPS) is 27.3. The molecule has 5 heteroatoms. The summed E-state index contributed by atoms with van der Waals surface area (Å²) in [6.45, 7) is 7.53. The van der Waals surface area contributed by atoms with Gasteiger partial charge in [-0.05, 0) is 31.2 Å². The molecule has 104 valence electrons. The van der Waals surface area contributed by atoms with E-state index in [1.54, 1.807) is 0 Å². The molecule has 0 saturated carbocycles. The fourth-order valence-electron chi connectivity index (χ4n) is 2.83. The van der Waals surface area contributed by atoms with E-state index in [2.05, 4.69) is 30.7 Å². The molecule has 3 N–H and O–H groups in total. The van der Waals surface area contributed by atoms with Gasteiger partial charge >= 0.3 is 5.97 Å². The van der Waals surface area contributed by atoms with E-state index in [0.717, 1.165) is 6.54 Å². The van der Waals surface area contributed by atoms with Crippen molar-refractivity contribution in [1.29, 1.82) is 0 Å². The van der Waals surface area contributed by atoms with Crippen LogP contribution in [0, 0.1) is 11.8 Å². The number of piperidine rings is 1. The Hall–Kier alpha value is -1.78. The van der Waals surface area contributed by atoms with Crippen molar-refractivity contribution in [2.45, 2.75) is 33.2 Å². The largest absolute Gasteiger partial charge is 0.478 e. The lowest BCUT2D eigenvalue weighted by Gasteiger charge is -2.42. The van der Waals surface area contributed by atoms with Crippen molar-refractivity contribution in [3.8, 4) is 0 Å². The molecule has 1 aromatic rings. The summed E-state index contributed by atoms with van der Waals surface area (Å²) >= 11 is 0. The zero-order valence-corrected chi connectivity index (χ0v) is 11.6. The molecule has 1 aliphatic rings. The number of carbonyl (C=O) groups is 1. The summed E-state index contributed by atoms with van der Waals surface area (Å²) in [6, 6.07) is 1.85. The van der Waals surface area contributed by atoms with E-state index in [9.17, 15) is 4.79 Å². The Kier molecular flexibility index (Phi) is 3.64. The van der Waals surface area contributed by atoms with Gasteiger partial charge in [0.05, 0.1) is 11.3 Å². The molecule has 0 amide bonds. The Bertz CT molecular complexity index is 490. The lowest BCUT2D eigenvalue weighted by atomic mass is 9.86. The first-order chi connectivity index (χ1) is 8.90. The third-order valence-corrected chi connectivity index (χ3v) is 4.01. The van der Waals surface area contributed by atoms with Crippen molar-refractivity contribution < 1.29 is 9.90 Å². The SMILES string of the molecule is CC1CC(C)C(C)N(c2ncc(C(=O)O)cc2N)C1. The minimum atomic E-state index is -1.00. The number of carboxylic acid groups (broad SMARTS) is 1. The van der Waals surface area contributed by atoms with Crippen molar-refractivity contribution in [1.82, 2.24) is 4.98 Å². The zero-order valence-electron chi connectivity index (χ0n) is 11.6. The molecule has 2 heterocycles. The smallest absolute Gasteiger partial charge is 0.337 e. The highest BCUT2D eigenvalue weighted by molar-refractivity contribution is 5.89. The third-order valence-electron chi connectivity index (χ3n) is 4.01. The number of carboxylic acids is 1. The number of aromatic nitrogens is 1. The molecule has 19 heavy (non-hydrogen) atoms. The molecule has 0 radical (unpaired) electrons. The molecule has 3 unspecified atom stereocenters. The Balaban J connectivity index is 2.32. The molecule has 0 bridgehead atoms. The van der Waals surface area contributed by atoms with Gasteiger partial charge < -0.3 is 15.7 Å². The Labute approximate surface area is 113 Å². The molecule has 0 aliphatic carbocycles. The average molecular weight is 263 g/mol. The van der Waals surface area contributed by atoms with Gasteiger partial charge in [-0.15, -0.1) is 0 Å². The molecule has 1 fully saturated rings. The molecule has 2 rings (SSSR count). The summed E-state index contributed by atoms with van der Waals surface area (Å²) in [5, 5.41) is 8.94. The molecule has 1 aromatic heterocycles. The third kappa shape index (κ3) is 2.64. The Morgan fingerprint density at radius 3 is 2.74 bits per heavy atom. The van der Waals surface area contributed by atoms with E-state index in [-0.39, 0.29) is 5.56 Å². The van der Waals surface area contributed by atoms with Gasteiger partial charge in [-0.1, -0.05) is 13.8 Å². The highest BCUT2D eigenvalue weighted by Gasteiger charge is 2.30. The number of rotatable bonds is 2. The minimum Gasteiger partial charge on any atom is -0.478 e. The van der Waals surface area contributed by atoms with E-state index >= 15 is 0 Å². The number of pyridine rings is 1. The average Bonchev–Trinajstić information content (AvgIpc) is 2.33. The van der Waals surface area contributed by atoms with E-state index in [0.29, 0.717) is 29.4 Å². The fourth-order valence-corrected chi connectivity index (χ4v) is 2.83. The van der Waals surface area contributed by atoms with E-state index < -0.39 is 5.97 Å². The minimum absolute atomic E-state index is 0.131. The standard InChI is InChI=1S/C14H21N3O2/c1-8-4-9(2)10(3)17(7-8)13-12(15)5-11(6-16-13)14(18)19/h5-6,8-10H,4,7,15H2,1-3H3,(H,18,19). The van der Waals surface area contributed by atoms with Crippen LogP contribution in [0.3, 0.4) is 0 Å². The maximum atomic E-state index is 10.9. The second-order valence-corrected chi connectivity index (χ2v) is 5.65. The first kappa shape index (κ1) is 13.6. The van der Waals surface area contributed by atoms with E-state index in [4.69, 9.17) is 10.8 Å². The summed E-state index contributed by atoms with van der Waals surface area (Å²) in [7, 11) is 0. The molecule has 1 saturated heterocycles. The second-order valence-electron chi connectivity index (χ2n) is 5.65. The predicted octanol–water partition coefficient (Wildman–Crippen LogP) is 2.23. The van der Waals surface area contributed by atoms with Gasteiger partial charge in [-0.3, -0.25) is 0 Å². The van der Waals surface area contributed by atoms with Crippen LogP contribution in [0.15, 0.2) is 12.3 Å². The predicted molar refractivity (Wildman–Crippen MR) is 75.4 cm³/mol. The van der Waals surface area contributed by atoms with Gasteiger partial charge in [-0.2, -0.15) is 0 Å². The van der Waals surface area contributed by atoms with Crippen LogP contribution >= 0.6 is 0 Å². The second kappa shape index (κ2) is 5.07. The zero-order chi connectivity index (χ0) is 14.2. The van der Waals surface area contributed by atoms with Crippen LogP contribution in [0.5, 0.6) is 0 Å². The van der Waals surface area contributed by atoms with Crippen LogP contribution < -0.4 is 10.6 Å². The molecular weight excluding hydrogens is 242 g/mol. The summed E-state index contributed by atoms with van der Waals surface area (Å²) in [6.07, 6.45) is 2.58. The van der Waals surface area contributed by atoms with Crippen LogP contribution in [0.2, 0.25) is 0 Å². The van der Waals surface area contributed by atoms with Crippen molar-refractivity contribution >= 4 is 17.5 Å². The van der Waals surface area contributed by atoms with Gasteiger partial charge in [0.2, 0.25) is 0 Å². The fraction of sp³-hybridized carbons (Fsp3) is 0.571. The molecule has 3 atom stereocenters. The van der Waals surface area contributed by atoms with Gasteiger partial charge in [-0.25, -0.2) is 9.78 Å². The number of nitrogens with two attached hydrogens (primary N) is 1. The van der Waals surface area contributed by atoms with Gasteiger partial charge in [0.25, 0.3) is 0 Å². The summed E-state index contributed by atoms with van der Waals surface area (Å²) in [5.41, 5.74) is 6.55. The maximum absolute atomic E-state index is 10.9. The first-order valence-electron chi connectivity index (χ1n) is 6.65. The summed E-state index contributed by atoms with van der Waals surface area (Å²) in [4.78, 5) is 17.4. The van der Waals surface area contributed by atoms with E-state index in [1.807, 2.05) is 0 Å². The topological polar surface area (TPSA) is 79.5 Å². The highest BCUT2D eigenvalue weighted by Crippen LogP contribution is 2.33. The molecule has 0 spiro atoms. The molecule has 5 nitrogen and oxygen atoms in total. The van der Waals surface area contributed by atoms with Gasteiger partial charge in [0, 0.05) is 18.8 Å². The van der Waals surface area contributed by atoms with Crippen LogP contribution in [-0.2, 0) is 0 Å². The van der Waals surface area contributed by atoms with Crippen molar-refractivity contribution in [2.24, 2.45) is 11.8 Å². The monoisotopic (exact) mass is 263 g/mol. The van der Waals surface area contributed by atoms with Gasteiger partial charge in [0.1, 0.15) is 0 Å². The molecular formula is C14H21N3O2. The highest BCUT2D eigenvalue weighted by atomic mass is 16.4. The van der Waals surface area contributed by atoms with Crippen LogP contribution in [0.1, 0.15) is 37.6 Å². The molecule has 0 aromatic carbocycles. The molecule has 1 aliphatic heterocycles. The van der Waals surface area contributed by atoms with Crippen LogP contribution in [0.4, 0.5) is 11.5 Å². The Morgan fingerprint density at radius 1 is 1.47 bits per heavy atom. The quantitative estimate of drug-likeness (QED) is 0.855. The number of hydrogen-bond donors (Lipinski definition) is 2. The van der Waals surface area contributed by atoms with Crippen molar-refractivity contribution in [2.75, 3.05) is 17.2 Å². The number of nitrogens with zero attached hydrogens (tertiary/aromatic N) is 2. The van der Waals surface area contributed by atoms with Crippen LogP contribution in [0.25, 0.3) is 0 Å². The maximum Gasteiger partial charge on any atom is 0.337 e. The van der Waals surface area contributed by atoms with E-state index in [1.165, 1.54) is 18.7 Å². The summed E-state index contributed by atoms with van der Waals surface area (Å²) < 4.78 is 0. The van der Waals surface area contributed by atoms with Crippen LogP contribution in [-0.4, -0.2) is 28.6 Å². The number of anilines is 2. The Morgan fingerprint density at radius 2 is 2.16 bits per heavy atom.